The minimum absolute atomic E-state index is 0.127. The summed E-state index contributed by atoms with van der Waals surface area (Å²) in [7, 11) is 0. The lowest BCUT2D eigenvalue weighted by atomic mass is 10.1. The number of nitrogens with zero attached hydrogens (tertiary/aromatic N) is 1. The van der Waals surface area contributed by atoms with E-state index in [4.69, 9.17) is 29.5 Å². The van der Waals surface area contributed by atoms with Crippen molar-refractivity contribution in [1.82, 2.24) is 4.98 Å². The topological polar surface area (TPSA) is 118 Å². The molecule has 0 unspecified atom stereocenters. The number of rotatable bonds is 18. The summed E-state index contributed by atoms with van der Waals surface area (Å²) in [4.78, 5) is 17.2. The number of aromatic nitrogens is 1. The number of aliphatic hydroxyl groups is 3. The molecule has 0 bridgehead atoms. The molecular formula is C25H37NO7. The van der Waals surface area contributed by atoms with Gasteiger partial charge in [-0.25, -0.2) is 9.78 Å². The number of benzene rings is 1. The van der Waals surface area contributed by atoms with Crippen LogP contribution in [0.25, 0.3) is 10.9 Å². The molecule has 0 radical (unpaired) electrons. The van der Waals surface area contributed by atoms with Gasteiger partial charge in [0.05, 0.1) is 19.8 Å². The van der Waals surface area contributed by atoms with E-state index in [1.807, 2.05) is 18.2 Å². The van der Waals surface area contributed by atoms with Crippen molar-refractivity contribution in [3.8, 4) is 11.5 Å². The number of unbranched alkanes of at least 4 members (excludes halogenated alkanes) is 6. The van der Waals surface area contributed by atoms with Gasteiger partial charge in [0.15, 0.2) is 5.69 Å². The average molecular weight is 464 g/mol. The quantitative estimate of drug-likeness (QED) is 0.227. The Morgan fingerprint density at radius 2 is 1.30 bits per heavy atom. The zero-order valence-corrected chi connectivity index (χ0v) is 19.3. The molecular weight excluding hydrogens is 426 g/mol. The Morgan fingerprint density at radius 3 is 1.91 bits per heavy atom. The number of carbonyl (C=O) groups is 1. The van der Waals surface area contributed by atoms with Crippen LogP contribution in [0.5, 0.6) is 11.5 Å². The molecule has 0 aliphatic rings. The Kier molecular flexibility index (Phi) is 13.2. The van der Waals surface area contributed by atoms with Gasteiger partial charge in [0, 0.05) is 31.3 Å². The first-order valence-corrected chi connectivity index (χ1v) is 11.9. The summed E-state index contributed by atoms with van der Waals surface area (Å²) in [5.74, 6) is 0.588. The molecule has 33 heavy (non-hydrogen) atoms. The molecule has 0 saturated carbocycles. The Balaban J connectivity index is 2.18. The van der Waals surface area contributed by atoms with E-state index in [9.17, 15) is 4.79 Å². The highest BCUT2D eigenvalue weighted by Gasteiger charge is 2.17. The highest BCUT2D eigenvalue weighted by Crippen LogP contribution is 2.32. The first-order chi connectivity index (χ1) is 16.2. The SMILES string of the molecule is O=C(OCCCCCO)c1cc(OCCCCCO)c2cccc(OCCCCCO)c2n1. The smallest absolute Gasteiger partial charge is 0.357 e. The highest BCUT2D eigenvalue weighted by atomic mass is 16.5. The molecule has 8 heteroatoms. The molecule has 1 aromatic carbocycles. The summed E-state index contributed by atoms with van der Waals surface area (Å²) in [5.41, 5.74) is 0.700. The predicted molar refractivity (Wildman–Crippen MR) is 126 cm³/mol. The summed E-state index contributed by atoms with van der Waals surface area (Å²) in [6.07, 6.45) is 6.91. The van der Waals surface area contributed by atoms with E-state index in [1.165, 1.54) is 0 Å². The van der Waals surface area contributed by atoms with Crippen LogP contribution in [0.2, 0.25) is 0 Å². The largest absolute Gasteiger partial charge is 0.493 e. The second-order valence-electron chi connectivity index (χ2n) is 7.84. The maximum Gasteiger partial charge on any atom is 0.357 e. The van der Waals surface area contributed by atoms with E-state index in [0.29, 0.717) is 43.1 Å². The third kappa shape index (κ3) is 9.53. The molecule has 2 rings (SSSR count). The third-order valence-electron chi connectivity index (χ3n) is 5.13. The summed E-state index contributed by atoms with van der Waals surface area (Å²) in [6.45, 7) is 1.66. The van der Waals surface area contributed by atoms with Gasteiger partial charge < -0.3 is 29.5 Å². The van der Waals surface area contributed by atoms with Crippen molar-refractivity contribution in [3.63, 3.8) is 0 Å². The molecule has 0 aliphatic carbocycles. The van der Waals surface area contributed by atoms with Gasteiger partial charge in [-0.2, -0.15) is 0 Å². The second kappa shape index (κ2) is 16.2. The van der Waals surface area contributed by atoms with Crippen molar-refractivity contribution in [1.29, 1.82) is 0 Å². The van der Waals surface area contributed by atoms with E-state index in [-0.39, 0.29) is 32.1 Å². The zero-order chi connectivity index (χ0) is 23.7. The van der Waals surface area contributed by atoms with Gasteiger partial charge in [0.1, 0.15) is 17.0 Å². The monoisotopic (exact) mass is 463 g/mol. The molecule has 8 nitrogen and oxygen atoms in total. The lowest BCUT2D eigenvalue weighted by Crippen LogP contribution is -2.10. The number of aliphatic hydroxyl groups excluding tert-OH is 3. The van der Waals surface area contributed by atoms with Gasteiger partial charge in [0.2, 0.25) is 0 Å². The van der Waals surface area contributed by atoms with E-state index in [1.54, 1.807) is 6.07 Å². The van der Waals surface area contributed by atoms with Gasteiger partial charge in [-0.3, -0.25) is 0 Å². The maximum absolute atomic E-state index is 12.7. The molecule has 0 atom stereocenters. The van der Waals surface area contributed by atoms with Crippen LogP contribution in [0.4, 0.5) is 0 Å². The van der Waals surface area contributed by atoms with Crippen LogP contribution in [0.15, 0.2) is 24.3 Å². The second-order valence-corrected chi connectivity index (χ2v) is 7.84. The number of esters is 1. The number of ether oxygens (including phenoxy) is 3. The van der Waals surface area contributed by atoms with Crippen molar-refractivity contribution >= 4 is 16.9 Å². The molecule has 1 heterocycles. The van der Waals surface area contributed by atoms with E-state index < -0.39 is 5.97 Å². The van der Waals surface area contributed by atoms with E-state index >= 15 is 0 Å². The van der Waals surface area contributed by atoms with Crippen LogP contribution in [0.1, 0.15) is 68.3 Å². The highest BCUT2D eigenvalue weighted by molar-refractivity contribution is 5.96. The first kappa shape index (κ1) is 26.8. The van der Waals surface area contributed by atoms with Crippen molar-refractivity contribution in [2.24, 2.45) is 0 Å². The number of carbonyl (C=O) groups excluding carboxylic acids is 1. The van der Waals surface area contributed by atoms with E-state index in [2.05, 4.69) is 4.98 Å². The van der Waals surface area contributed by atoms with Crippen LogP contribution in [0, 0.1) is 0 Å². The Hall–Kier alpha value is -2.42. The molecule has 0 aliphatic heterocycles. The fourth-order valence-corrected chi connectivity index (χ4v) is 3.31. The number of hydrogen-bond donors (Lipinski definition) is 3. The summed E-state index contributed by atoms with van der Waals surface area (Å²) >= 11 is 0. The van der Waals surface area contributed by atoms with Crippen molar-refractivity contribution in [3.05, 3.63) is 30.0 Å². The van der Waals surface area contributed by atoms with Crippen LogP contribution in [-0.4, -0.2) is 65.9 Å². The summed E-state index contributed by atoms with van der Waals surface area (Å²) < 4.78 is 17.3. The molecule has 3 N–H and O–H groups in total. The Labute approximate surface area is 195 Å². The van der Waals surface area contributed by atoms with Gasteiger partial charge in [-0.15, -0.1) is 0 Å². The lowest BCUT2D eigenvalue weighted by molar-refractivity contribution is 0.0489. The van der Waals surface area contributed by atoms with Gasteiger partial charge in [-0.05, 0) is 69.9 Å². The molecule has 2 aromatic rings. The van der Waals surface area contributed by atoms with Crippen LogP contribution in [-0.2, 0) is 4.74 Å². The molecule has 0 spiro atoms. The minimum atomic E-state index is -0.524. The van der Waals surface area contributed by atoms with Crippen molar-refractivity contribution in [2.45, 2.75) is 57.8 Å². The number of hydrogen-bond acceptors (Lipinski definition) is 8. The summed E-state index contributed by atoms with van der Waals surface area (Å²) in [5, 5.41) is 27.5. The predicted octanol–water partition coefficient (Wildman–Crippen LogP) is 3.64. The van der Waals surface area contributed by atoms with Gasteiger partial charge in [0.25, 0.3) is 0 Å². The molecule has 0 fully saturated rings. The molecule has 0 saturated heterocycles. The zero-order valence-electron chi connectivity index (χ0n) is 19.3. The number of pyridine rings is 1. The van der Waals surface area contributed by atoms with Gasteiger partial charge in [-0.1, -0.05) is 6.07 Å². The van der Waals surface area contributed by atoms with Crippen molar-refractivity contribution in [2.75, 3.05) is 39.6 Å². The molecule has 184 valence electrons. The minimum Gasteiger partial charge on any atom is -0.493 e. The van der Waals surface area contributed by atoms with Crippen LogP contribution < -0.4 is 9.47 Å². The van der Waals surface area contributed by atoms with Crippen LogP contribution >= 0.6 is 0 Å². The van der Waals surface area contributed by atoms with Gasteiger partial charge >= 0.3 is 5.97 Å². The van der Waals surface area contributed by atoms with E-state index in [0.717, 1.165) is 50.3 Å². The third-order valence-corrected chi connectivity index (χ3v) is 5.13. The normalized spacial score (nSPS) is 11.0. The summed E-state index contributed by atoms with van der Waals surface area (Å²) in [6, 6.07) is 7.17. The van der Waals surface area contributed by atoms with Crippen LogP contribution in [0.3, 0.4) is 0 Å². The number of fused-ring (bicyclic) bond motifs is 1. The molecule has 0 amide bonds. The van der Waals surface area contributed by atoms with Crippen molar-refractivity contribution < 1.29 is 34.3 Å². The fraction of sp³-hybridized carbons (Fsp3) is 0.600. The fourth-order valence-electron chi connectivity index (χ4n) is 3.31. The lowest BCUT2D eigenvalue weighted by Gasteiger charge is -2.14. The molecule has 1 aromatic heterocycles. The number of para-hydroxylation sites is 1. The average Bonchev–Trinajstić information content (AvgIpc) is 2.83. The Morgan fingerprint density at radius 1 is 0.727 bits per heavy atom. The Bertz CT molecular complexity index is 828. The first-order valence-electron chi connectivity index (χ1n) is 11.9. The standard InChI is InChI=1S/C25H37NO7/c27-13-4-1-7-16-31-22-12-10-11-20-23(32-17-8-2-5-14-28)19-21(26-24(20)22)25(30)33-18-9-3-6-15-29/h10-12,19,27-29H,1-9,13-18H2. The maximum atomic E-state index is 12.7.